The molecule has 0 saturated heterocycles. The second-order valence-electron chi connectivity index (χ2n) is 3.31. The summed E-state index contributed by atoms with van der Waals surface area (Å²) >= 11 is 0. The van der Waals surface area contributed by atoms with Crippen LogP contribution in [0.4, 0.5) is 0 Å². The maximum atomic E-state index is 8.77. The molecule has 1 N–H and O–H groups in total. The topological polar surface area (TPSA) is 33.4 Å². The highest BCUT2D eigenvalue weighted by atomic mass is 16.3. The zero-order valence-electron chi connectivity index (χ0n) is 7.49. The van der Waals surface area contributed by atoms with E-state index in [2.05, 4.69) is 6.92 Å². The average Bonchev–Trinajstić information content (AvgIpc) is 2.57. The minimum absolute atomic E-state index is 0.297. The molecule has 12 heavy (non-hydrogen) atoms. The first kappa shape index (κ1) is 9.33. The molecule has 0 unspecified atom stereocenters. The van der Waals surface area contributed by atoms with E-state index in [1.165, 1.54) is 5.56 Å². The summed E-state index contributed by atoms with van der Waals surface area (Å²) < 4.78 is 4.95. The molecule has 0 spiro atoms. The molecule has 68 valence electrons. The second-order valence-corrected chi connectivity index (χ2v) is 3.31. The molecule has 0 aromatic carbocycles. The highest BCUT2D eigenvalue weighted by molar-refractivity contribution is 5.04. The van der Waals surface area contributed by atoms with Gasteiger partial charge in [-0.2, -0.15) is 0 Å². The van der Waals surface area contributed by atoms with E-state index in [1.807, 2.05) is 6.07 Å². The number of rotatable bonds is 5. The van der Waals surface area contributed by atoms with Crippen LogP contribution in [0.3, 0.4) is 0 Å². The van der Waals surface area contributed by atoms with Crippen LogP contribution >= 0.6 is 0 Å². The highest BCUT2D eigenvalue weighted by Gasteiger charge is 2.00. The van der Waals surface area contributed by atoms with Crippen LogP contribution in [-0.2, 0) is 6.42 Å². The van der Waals surface area contributed by atoms with Crippen molar-refractivity contribution in [2.45, 2.75) is 26.2 Å². The molecular formula is C10H16O2. The van der Waals surface area contributed by atoms with Gasteiger partial charge in [-0.05, 0) is 36.8 Å². The number of aliphatic hydroxyl groups is 1. The van der Waals surface area contributed by atoms with E-state index in [4.69, 9.17) is 9.52 Å². The van der Waals surface area contributed by atoms with Crippen molar-refractivity contribution in [3.05, 3.63) is 24.2 Å². The lowest BCUT2D eigenvalue weighted by Crippen LogP contribution is -2.00. The Balaban J connectivity index is 2.11. The van der Waals surface area contributed by atoms with Crippen molar-refractivity contribution >= 4 is 0 Å². The first-order valence-electron chi connectivity index (χ1n) is 4.45. The van der Waals surface area contributed by atoms with E-state index in [0.717, 1.165) is 19.3 Å². The molecule has 2 nitrogen and oxygen atoms in total. The Morgan fingerprint density at radius 2 is 2.42 bits per heavy atom. The van der Waals surface area contributed by atoms with E-state index < -0.39 is 0 Å². The largest absolute Gasteiger partial charge is 0.472 e. The Morgan fingerprint density at radius 3 is 3.00 bits per heavy atom. The maximum absolute atomic E-state index is 8.77. The first-order chi connectivity index (χ1) is 5.83. The predicted molar refractivity (Wildman–Crippen MR) is 47.9 cm³/mol. The molecule has 0 saturated carbocycles. The van der Waals surface area contributed by atoms with Gasteiger partial charge in [-0.15, -0.1) is 0 Å². The van der Waals surface area contributed by atoms with Crippen molar-refractivity contribution < 1.29 is 9.52 Å². The van der Waals surface area contributed by atoms with Crippen LogP contribution in [0.15, 0.2) is 23.0 Å². The van der Waals surface area contributed by atoms with E-state index in [-0.39, 0.29) is 0 Å². The zero-order valence-corrected chi connectivity index (χ0v) is 7.49. The normalized spacial score (nSPS) is 13.2. The number of aryl methyl sites for hydroxylation is 1. The molecule has 1 heterocycles. The number of hydrogen-bond acceptors (Lipinski definition) is 2. The van der Waals surface area contributed by atoms with Gasteiger partial charge in [-0.25, -0.2) is 0 Å². The summed E-state index contributed by atoms with van der Waals surface area (Å²) in [5.41, 5.74) is 1.25. The molecule has 0 fully saturated rings. The quantitative estimate of drug-likeness (QED) is 0.731. The van der Waals surface area contributed by atoms with Crippen molar-refractivity contribution in [2.75, 3.05) is 6.61 Å². The van der Waals surface area contributed by atoms with Crippen LogP contribution in [0.25, 0.3) is 0 Å². The smallest absolute Gasteiger partial charge is 0.0934 e. The fourth-order valence-corrected chi connectivity index (χ4v) is 1.18. The van der Waals surface area contributed by atoms with Crippen LogP contribution in [0.2, 0.25) is 0 Å². The van der Waals surface area contributed by atoms with Gasteiger partial charge in [0.25, 0.3) is 0 Å². The van der Waals surface area contributed by atoms with Gasteiger partial charge in [0.15, 0.2) is 0 Å². The summed E-state index contributed by atoms with van der Waals surface area (Å²) in [6.45, 7) is 2.36. The third kappa shape index (κ3) is 3.09. The summed E-state index contributed by atoms with van der Waals surface area (Å²) in [4.78, 5) is 0. The van der Waals surface area contributed by atoms with E-state index in [1.54, 1.807) is 12.5 Å². The molecule has 1 aromatic rings. The van der Waals surface area contributed by atoms with E-state index >= 15 is 0 Å². The molecular weight excluding hydrogens is 152 g/mol. The summed E-state index contributed by atoms with van der Waals surface area (Å²) in [6.07, 6.45) is 6.75. The summed E-state index contributed by atoms with van der Waals surface area (Å²) in [6, 6.07) is 1.99. The summed E-state index contributed by atoms with van der Waals surface area (Å²) in [7, 11) is 0. The van der Waals surface area contributed by atoms with Crippen molar-refractivity contribution in [1.82, 2.24) is 0 Å². The zero-order chi connectivity index (χ0) is 8.81. The fraction of sp³-hybridized carbons (Fsp3) is 0.600. The van der Waals surface area contributed by atoms with Gasteiger partial charge in [0.2, 0.25) is 0 Å². The molecule has 2 heteroatoms. The van der Waals surface area contributed by atoms with Gasteiger partial charge < -0.3 is 9.52 Å². The molecule has 0 bridgehead atoms. The minimum Gasteiger partial charge on any atom is -0.472 e. The molecule has 0 radical (unpaired) electrons. The standard InChI is InChI=1S/C10H16O2/c1-9(7-11)3-2-4-10-5-6-12-8-10/h5-6,8-9,11H,2-4,7H2,1H3/t9-/m0/s1. The Kier molecular flexibility index (Phi) is 3.88. The van der Waals surface area contributed by atoms with E-state index in [9.17, 15) is 0 Å². The molecule has 0 aliphatic carbocycles. The van der Waals surface area contributed by atoms with Gasteiger partial charge in [-0.1, -0.05) is 6.92 Å². The van der Waals surface area contributed by atoms with Crippen LogP contribution in [0, 0.1) is 5.92 Å². The van der Waals surface area contributed by atoms with Gasteiger partial charge in [-0.3, -0.25) is 0 Å². The van der Waals surface area contributed by atoms with Crippen molar-refractivity contribution in [3.63, 3.8) is 0 Å². The Morgan fingerprint density at radius 1 is 1.58 bits per heavy atom. The van der Waals surface area contributed by atoms with Crippen LogP contribution in [0.1, 0.15) is 25.3 Å². The maximum Gasteiger partial charge on any atom is 0.0934 e. The fourth-order valence-electron chi connectivity index (χ4n) is 1.18. The average molecular weight is 168 g/mol. The SMILES string of the molecule is C[C@H](CO)CCCc1ccoc1. The Labute approximate surface area is 73.2 Å². The van der Waals surface area contributed by atoms with Crippen LogP contribution in [-0.4, -0.2) is 11.7 Å². The predicted octanol–water partition coefficient (Wildman–Crippen LogP) is 2.23. The van der Waals surface area contributed by atoms with Gasteiger partial charge in [0.1, 0.15) is 0 Å². The van der Waals surface area contributed by atoms with Gasteiger partial charge in [0.05, 0.1) is 12.5 Å². The van der Waals surface area contributed by atoms with Gasteiger partial charge >= 0.3 is 0 Å². The monoisotopic (exact) mass is 168 g/mol. The van der Waals surface area contributed by atoms with Crippen LogP contribution in [0.5, 0.6) is 0 Å². The third-order valence-electron chi connectivity index (χ3n) is 2.05. The Bertz CT molecular complexity index is 192. The molecule has 0 amide bonds. The van der Waals surface area contributed by atoms with Crippen molar-refractivity contribution in [3.8, 4) is 0 Å². The lowest BCUT2D eigenvalue weighted by molar-refractivity contribution is 0.228. The third-order valence-corrected chi connectivity index (χ3v) is 2.05. The molecule has 1 rings (SSSR count). The molecule has 0 aliphatic heterocycles. The molecule has 0 aliphatic rings. The van der Waals surface area contributed by atoms with Crippen LogP contribution < -0.4 is 0 Å². The van der Waals surface area contributed by atoms with Crippen molar-refractivity contribution in [1.29, 1.82) is 0 Å². The molecule has 1 aromatic heterocycles. The molecule has 1 atom stereocenters. The van der Waals surface area contributed by atoms with Crippen molar-refractivity contribution in [2.24, 2.45) is 5.92 Å². The minimum atomic E-state index is 0.297. The summed E-state index contributed by atoms with van der Waals surface area (Å²) in [5.74, 6) is 0.428. The summed E-state index contributed by atoms with van der Waals surface area (Å²) in [5, 5.41) is 8.77. The lowest BCUT2D eigenvalue weighted by Gasteiger charge is -2.05. The lowest BCUT2D eigenvalue weighted by atomic mass is 10.0. The number of hydrogen-bond donors (Lipinski definition) is 1. The number of furan rings is 1. The second kappa shape index (κ2) is 4.99. The van der Waals surface area contributed by atoms with Gasteiger partial charge in [0, 0.05) is 6.61 Å². The number of aliphatic hydroxyl groups excluding tert-OH is 1. The van der Waals surface area contributed by atoms with E-state index in [0.29, 0.717) is 12.5 Å². The Hall–Kier alpha value is -0.760. The highest BCUT2D eigenvalue weighted by Crippen LogP contribution is 2.09. The first-order valence-corrected chi connectivity index (χ1v) is 4.45.